The summed E-state index contributed by atoms with van der Waals surface area (Å²) in [7, 11) is -8.81. The number of nitrogens with one attached hydrogen (secondary N) is 1. The molecule has 1 heterocycles. The molecule has 48 heavy (non-hydrogen) atoms. The number of fused-ring (bicyclic) bond motifs is 1. The lowest BCUT2D eigenvalue weighted by molar-refractivity contribution is -0.122. The maximum atomic E-state index is 14.9. The molecule has 250 valence electrons. The van der Waals surface area contributed by atoms with Crippen LogP contribution in [0, 0.1) is 11.7 Å². The van der Waals surface area contributed by atoms with E-state index in [2.05, 4.69) is 5.32 Å². The van der Waals surface area contributed by atoms with Gasteiger partial charge in [0.25, 0.3) is 26.6 Å². The topological polar surface area (TPSA) is 123 Å². The molecule has 1 saturated carbocycles. The molecule has 1 amide bonds. The van der Waals surface area contributed by atoms with Gasteiger partial charge in [-0.3, -0.25) is 9.35 Å². The molecule has 4 aromatic carbocycles. The third kappa shape index (κ3) is 6.57. The Balaban J connectivity index is 1.55. The number of hydrogen-bond donors (Lipinski definition) is 2. The van der Waals surface area contributed by atoms with Crippen LogP contribution in [0.2, 0.25) is 10.0 Å². The van der Waals surface area contributed by atoms with Gasteiger partial charge in [-0.05, 0) is 66.4 Å². The Hall–Kier alpha value is -3.88. The quantitative estimate of drug-likeness (QED) is 0.142. The van der Waals surface area contributed by atoms with Crippen LogP contribution in [0.15, 0.2) is 89.8 Å². The number of amides is 1. The summed E-state index contributed by atoms with van der Waals surface area (Å²) in [5.41, 5.74) is 1.23. The number of nitrogens with zero attached hydrogens (tertiary/aromatic N) is 1. The molecule has 0 bridgehead atoms. The minimum atomic E-state index is -4.55. The van der Waals surface area contributed by atoms with E-state index in [1.54, 1.807) is 42.5 Å². The molecule has 8 nitrogen and oxygen atoms in total. The fraction of sp³-hybridized carbons (Fsp3) is 0.182. The van der Waals surface area contributed by atoms with Gasteiger partial charge in [-0.1, -0.05) is 59.6 Å². The summed E-state index contributed by atoms with van der Waals surface area (Å²) in [5, 5.41) is 2.98. The van der Waals surface area contributed by atoms with Gasteiger partial charge in [-0.15, -0.1) is 0 Å². The zero-order valence-corrected chi connectivity index (χ0v) is 27.7. The third-order valence-electron chi connectivity index (χ3n) is 8.14. The van der Waals surface area contributed by atoms with Gasteiger partial charge in [0.05, 0.1) is 21.9 Å². The third-order valence-corrected chi connectivity index (χ3v) is 11.2. The lowest BCUT2D eigenvalue weighted by atomic mass is 9.96. The minimum Gasteiger partial charge on any atom is -0.355 e. The van der Waals surface area contributed by atoms with Gasteiger partial charge >= 0.3 is 0 Å². The van der Waals surface area contributed by atoms with Crippen LogP contribution in [0.5, 0.6) is 0 Å². The standard InChI is InChI=1S/C33H25Cl2F3N2O6S2/c34-26-5-2-6-27(35)30(26)29-25-16-21(36)9-12-28(25)40(48(45,46)22-10-7-18(8-11-22)32(37)38)31(29)20-4-1-3-19(15-20)23-17-24(23)33(41)39-13-14-47(42,43)44/h1-12,15-16,23-24,32H,13-14,17H2,(H,39,41)(H,42,43,44). The first kappa shape index (κ1) is 34.0. The smallest absolute Gasteiger partial charge is 0.268 e. The highest BCUT2D eigenvalue weighted by atomic mass is 35.5. The van der Waals surface area contributed by atoms with Crippen LogP contribution in [0.1, 0.15) is 29.9 Å². The molecular weight excluding hydrogens is 712 g/mol. The van der Waals surface area contributed by atoms with E-state index in [0.29, 0.717) is 17.5 Å². The number of halogens is 5. The first-order valence-electron chi connectivity index (χ1n) is 14.4. The van der Waals surface area contributed by atoms with E-state index in [1.807, 2.05) is 0 Å². The highest BCUT2D eigenvalue weighted by Gasteiger charge is 2.44. The van der Waals surface area contributed by atoms with Crippen LogP contribution in [0.4, 0.5) is 13.2 Å². The molecule has 1 aromatic heterocycles. The average Bonchev–Trinajstić information content (AvgIpc) is 3.77. The molecule has 1 aliphatic carbocycles. The fourth-order valence-electron chi connectivity index (χ4n) is 5.83. The Bertz CT molecular complexity index is 2280. The molecule has 1 fully saturated rings. The SMILES string of the molecule is O=C(NCCS(=O)(=O)O)C1CC1c1cccc(-c2c(-c3c(Cl)cccc3Cl)c3cc(F)ccc3n2S(=O)(=O)c2ccc(C(F)F)cc2)c1. The zero-order chi connectivity index (χ0) is 34.5. The second kappa shape index (κ2) is 12.9. The van der Waals surface area contributed by atoms with Crippen LogP contribution < -0.4 is 5.32 Å². The van der Waals surface area contributed by atoms with E-state index < -0.39 is 50.0 Å². The normalized spacial score (nSPS) is 16.4. The van der Waals surface area contributed by atoms with E-state index >= 15 is 0 Å². The molecule has 2 N–H and O–H groups in total. The Kier molecular flexibility index (Phi) is 9.11. The van der Waals surface area contributed by atoms with Crippen molar-refractivity contribution in [3.63, 3.8) is 0 Å². The molecule has 0 spiro atoms. The molecular formula is C33H25Cl2F3N2O6S2. The summed E-state index contributed by atoms with van der Waals surface area (Å²) in [4.78, 5) is 12.4. The maximum Gasteiger partial charge on any atom is 0.268 e. The second-order valence-electron chi connectivity index (χ2n) is 11.3. The molecule has 15 heteroatoms. The van der Waals surface area contributed by atoms with Crippen molar-refractivity contribution in [2.75, 3.05) is 12.3 Å². The monoisotopic (exact) mass is 736 g/mol. The molecule has 2 atom stereocenters. The summed E-state index contributed by atoms with van der Waals surface area (Å²) in [6.07, 6.45) is -2.40. The number of alkyl halides is 2. The molecule has 0 aliphatic heterocycles. The lowest BCUT2D eigenvalue weighted by Crippen LogP contribution is -2.30. The first-order valence-corrected chi connectivity index (χ1v) is 18.2. The Morgan fingerprint density at radius 2 is 1.58 bits per heavy atom. The number of rotatable bonds is 10. The number of hydrogen-bond acceptors (Lipinski definition) is 5. The maximum absolute atomic E-state index is 14.9. The van der Waals surface area contributed by atoms with Gasteiger partial charge < -0.3 is 5.32 Å². The number of aromatic nitrogens is 1. The average molecular weight is 738 g/mol. The van der Waals surface area contributed by atoms with Gasteiger partial charge in [0.15, 0.2) is 0 Å². The number of benzene rings is 4. The van der Waals surface area contributed by atoms with Crippen molar-refractivity contribution < 1.29 is 39.4 Å². The van der Waals surface area contributed by atoms with Crippen molar-refractivity contribution in [2.45, 2.75) is 23.7 Å². The zero-order valence-electron chi connectivity index (χ0n) is 24.6. The largest absolute Gasteiger partial charge is 0.355 e. The van der Waals surface area contributed by atoms with Crippen LogP contribution in [0.3, 0.4) is 0 Å². The van der Waals surface area contributed by atoms with Gasteiger partial charge in [0, 0.05) is 50.1 Å². The molecule has 6 rings (SSSR count). The van der Waals surface area contributed by atoms with Crippen molar-refractivity contribution in [3.8, 4) is 22.4 Å². The van der Waals surface area contributed by atoms with Crippen LogP contribution in [-0.2, 0) is 24.9 Å². The van der Waals surface area contributed by atoms with Crippen molar-refractivity contribution in [1.29, 1.82) is 0 Å². The Morgan fingerprint density at radius 3 is 2.23 bits per heavy atom. The van der Waals surface area contributed by atoms with Crippen LogP contribution in [0.25, 0.3) is 33.3 Å². The summed E-state index contributed by atoms with van der Waals surface area (Å²) in [6.45, 7) is -0.268. The lowest BCUT2D eigenvalue weighted by Gasteiger charge is -2.16. The molecule has 5 aromatic rings. The molecule has 2 unspecified atom stereocenters. The Labute approximate surface area is 283 Å². The van der Waals surface area contributed by atoms with Gasteiger partial charge in [0.1, 0.15) is 5.82 Å². The number of carbonyl (C=O) groups is 1. The summed E-state index contributed by atoms with van der Waals surface area (Å²) in [6, 6.07) is 19.2. The first-order chi connectivity index (χ1) is 22.7. The van der Waals surface area contributed by atoms with Gasteiger partial charge in [0.2, 0.25) is 5.91 Å². The summed E-state index contributed by atoms with van der Waals surface area (Å²) >= 11 is 13.3. The predicted molar refractivity (Wildman–Crippen MR) is 177 cm³/mol. The van der Waals surface area contributed by atoms with E-state index in [-0.39, 0.29) is 60.7 Å². The van der Waals surface area contributed by atoms with E-state index in [0.717, 1.165) is 40.4 Å². The van der Waals surface area contributed by atoms with E-state index in [1.165, 1.54) is 6.07 Å². The van der Waals surface area contributed by atoms with Crippen molar-refractivity contribution in [1.82, 2.24) is 9.29 Å². The molecule has 0 saturated heterocycles. The molecule has 1 aliphatic rings. The minimum absolute atomic E-state index is 0.0696. The highest BCUT2D eigenvalue weighted by molar-refractivity contribution is 7.90. The second-order valence-corrected chi connectivity index (χ2v) is 15.4. The summed E-state index contributed by atoms with van der Waals surface area (Å²) in [5.74, 6) is -2.50. The van der Waals surface area contributed by atoms with E-state index in [9.17, 15) is 34.8 Å². The predicted octanol–water partition coefficient (Wildman–Crippen LogP) is 7.70. The van der Waals surface area contributed by atoms with Gasteiger partial charge in [-0.25, -0.2) is 25.6 Å². The fourth-order valence-corrected chi connectivity index (χ4v) is 8.32. The Morgan fingerprint density at radius 1 is 0.917 bits per heavy atom. The van der Waals surface area contributed by atoms with Crippen molar-refractivity contribution in [3.05, 3.63) is 112 Å². The summed E-state index contributed by atoms with van der Waals surface area (Å²) < 4.78 is 103. The number of carbonyl (C=O) groups excluding carboxylic acids is 1. The van der Waals surface area contributed by atoms with Crippen LogP contribution in [-0.4, -0.2) is 43.6 Å². The molecule has 0 radical (unpaired) electrons. The van der Waals surface area contributed by atoms with Gasteiger partial charge in [-0.2, -0.15) is 8.42 Å². The van der Waals surface area contributed by atoms with Crippen molar-refractivity contribution in [2.24, 2.45) is 5.92 Å². The van der Waals surface area contributed by atoms with Crippen LogP contribution >= 0.6 is 23.2 Å². The highest BCUT2D eigenvalue weighted by Crippen LogP contribution is 2.51. The van der Waals surface area contributed by atoms with Crippen molar-refractivity contribution >= 4 is 60.2 Å². The van der Waals surface area contributed by atoms with E-state index in [4.69, 9.17) is 27.8 Å².